The van der Waals surface area contributed by atoms with Crippen molar-refractivity contribution in [2.75, 3.05) is 7.11 Å². The van der Waals surface area contributed by atoms with Gasteiger partial charge in [0.2, 0.25) is 11.5 Å². The standard InChI is InChI=1S/C19H15NO6S/c1-24-14-7-8-17(16(11-14)20(22)23)26-19(21)18-13(9-10-25-18)12-27-15-5-3-2-4-6-15/h2-11H,12H2,1H3. The Labute approximate surface area is 159 Å². The zero-order valence-electron chi connectivity index (χ0n) is 14.3. The van der Waals surface area contributed by atoms with Gasteiger partial charge in [-0.1, -0.05) is 18.2 Å². The van der Waals surface area contributed by atoms with Crippen LogP contribution < -0.4 is 9.47 Å². The monoisotopic (exact) mass is 385 g/mol. The molecule has 0 unspecified atom stereocenters. The molecular weight excluding hydrogens is 370 g/mol. The first-order chi connectivity index (χ1) is 13.1. The second kappa shape index (κ2) is 8.41. The van der Waals surface area contributed by atoms with Crippen molar-refractivity contribution in [2.24, 2.45) is 0 Å². The van der Waals surface area contributed by atoms with E-state index in [1.54, 1.807) is 6.07 Å². The molecule has 0 spiro atoms. The molecule has 0 radical (unpaired) electrons. The number of ether oxygens (including phenoxy) is 2. The molecule has 0 saturated heterocycles. The van der Waals surface area contributed by atoms with Gasteiger partial charge in [-0.05, 0) is 30.3 Å². The number of methoxy groups -OCH3 is 1. The number of hydrogen-bond acceptors (Lipinski definition) is 7. The van der Waals surface area contributed by atoms with E-state index < -0.39 is 10.9 Å². The molecule has 8 heteroatoms. The molecule has 0 bridgehead atoms. The normalized spacial score (nSPS) is 10.4. The Morgan fingerprint density at radius 2 is 1.96 bits per heavy atom. The van der Waals surface area contributed by atoms with Gasteiger partial charge in [-0.15, -0.1) is 11.8 Å². The average molecular weight is 385 g/mol. The zero-order valence-corrected chi connectivity index (χ0v) is 15.1. The number of nitro benzene ring substituents is 1. The topological polar surface area (TPSA) is 91.8 Å². The maximum atomic E-state index is 12.5. The van der Waals surface area contributed by atoms with Crippen LogP contribution in [0.1, 0.15) is 16.1 Å². The predicted octanol–water partition coefficient (Wildman–Crippen LogP) is 4.71. The number of nitro groups is 1. The minimum Gasteiger partial charge on any atom is -0.496 e. The summed E-state index contributed by atoms with van der Waals surface area (Å²) in [6.07, 6.45) is 1.39. The van der Waals surface area contributed by atoms with Crippen molar-refractivity contribution in [3.05, 3.63) is 82.3 Å². The molecule has 3 rings (SSSR count). The molecule has 0 aliphatic carbocycles. The van der Waals surface area contributed by atoms with E-state index in [0.717, 1.165) is 4.90 Å². The molecule has 0 N–H and O–H groups in total. The van der Waals surface area contributed by atoms with E-state index >= 15 is 0 Å². The van der Waals surface area contributed by atoms with Gasteiger partial charge in [0.15, 0.2) is 0 Å². The summed E-state index contributed by atoms with van der Waals surface area (Å²) >= 11 is 1.54. The third kappa shape index (κ3) is 4.48. The van der Waals surface area contributed by atoms with Gasteiger partial charge in [0.1, 0.15) is 5.75 Å². The molecule has 0 aliphatic heterocycles. The van der Waals surface area contributed by atoms with Crippen LogP contribution in [0.15, 0.2) is 70.2 Å². The molecule has 0 fully saturated rings. The largest absolute Gasteiger partial charge is 0.496 e. The highest BCUT2D eigenvalue weighted by atomic mass is 32.2. The molecule has 7 nitrogen and oxygen atoms in total. The van der Waals surface area contributed by atoms with E-state index in [9.17, 15) is 14.9 Å². The summed E-state index contributed by atoms with van der Waals surface area (Å²) < 4.78 is 15.4. The van der Waals surface area contributed by atoms with Gasteiger partial charge < -0.3 is 13.9 Å². The Kier molecular flexibility index (Phi) is 5.77. The fourth-order valence-corrected chi connectivity index (χ4v) is 3.20. The lowest BCUT2D eigenvalue weighted by Gasteiger charge is -2.07. The van der Waals surface area contributed by atoms with Crippen molar-refractivity contribution in [3.8, 4) is 11.5 Å². The highest BCUT2D eigenvalue weighted by molar-refractivity contribution is 7.98. The minimum atomic E-state index is -0.795. The first-order valence-corrected chi connectivity index (χ1v) is 8.86. The molecule has 3 aromatic rings. The van der Waals surface area contributed by atoms with E-state index in [2.05, 4.69) is 0 Å². The minimum absolute atomic E-state index is 0.0172. The highest BCUT2D eigenvalue weighted by Gasteiger charge is 2.23. The van der Waals surface area contributed by atoms with Crippen LogP contribution in [0.4, 0.5) is 5.69 Å². The summed E-state index contributed by atoms with van der Waals surface area (Å²) in [5.41, 5.74) is 0.277. The summed E-state index contributed by atoms with van der Waals surface area (Å²) in [6, 6.07) is 15.4. The summed E-state index contributed by atoms with van der Waals surface area (Å²) in [7, 11) is 1.39. The van der Waals surface area contributed by atoms with Crippen molar-refractivity contribution >= 4 is 23.4 Å². The summed E-state index contributed by atoms with van der Waals surface area (Å²) in [6.45, 7) is 0. The molecule has 0 saturated carbocycles. The lowest BCUT2D eigenvalue weighted by Crippen LogP contribution is -2.10. The number of furan rings is 1. The molecule has 2 aromatic carbocycles. The van der Waals surface area contributed by atoms with Crippen molar-refractivity contribution in [1.29, 1.82) is 0 Å². The van der Waals surface area contributed by atoms with Gasteiger partial charge in [-0.3, -0.25) is 10.1 Å². The van der Waals surface area contributed by atoms with Crippen LogP contribution in [0.5, 0.6) is 11.5 Å². The Morgan fingerprint density at radius 1 is 1.19 bits per heavy atom. The number of hydrogen-bond donors (Lipinski definition) is 0. The SMILES string of the molecule is COc1ccc(OC(=O)c2occc2CSc2ccccc2)c([N+](=O)[O-])c1. The first kappa shape index (κ1) is 18.5. The molecule has 1 heterocycles. The summed E-state index contributed by atoms with van der Waals surface area (Å²) in [5.74, 6) is -0.167. The summed E-state index contributed by atoms with van der Waals surface area (Å²) in [4.78, 5) is 24.1. The van der Waals surface area contributed by atoms with Gasteiger partial charge >= 0.3 is 11.7 Å². The Hall–Kier alpha value is -3.26. The quantitative estimate of drug-likeness (QED) is 0.191. The number of nitrogens with zero attached hydrogens (tertiary/aromatic N) is 1. The van der Waals surface area contributed by atoms with Gasteiger partial charge in [-0.25, -0.2) is 4.79 Å². The average Bonchev–Trinajstić information content (AvgIpc) is 3.16. The number of thioether (sulfide) groups is 1. The third-order valence-corrected chi connectivity index (χ3v) is 4.70. The van der Waals surface area contributed by atoms with Crippen molar-refractivity contribution in [1.82, 2.24) is 0 Å². The molecule has 0 aliphatic rings. The van der Waals surface area contributed by atoms with Gasteiger partial charge in [-0.2, -0.15) is 0 Å². The fourth-order valence-electron chi connectivity index (χ4n) is 2.31. The molecule has 0 atom stereocenters. The van der Waals surface area contributed by atoms with Crippen molar-refractivity contribution in [2.45, 2.75) is 10.6 Å². The number of carbonyl (C=O) groups is 1. The van der Waals surface area contributed by atoms with E-state index in [1.807, 2.05) is 30.3 Å². The Morgan fingerprint density at radius 3 is 2.67 bits per heavy atom. The van der Waals surface area contributed by atoms with Crippen LogP contribution in [0.2, 0.25) is 0 Å². The fraction of sp³-hybridized carbons (Fsp3) is 0.105. The van der Waals surface area contributed by atoms with Crippen molar-refractivity contribution in [3.63, 3.8) is 0 Å². The van der Waals surface area contributed by atoms with E-state index in [-0.39, 0.29) is 17.2 Å². The smallest absolute Gasteiger partial charge is 0.380 e. The van der Waals surface area contributed by atoms with Crippen LogP contribution in [-0.2, 0) is 5.75 Å². The van der Waals surface area contributed by atoms with Gasteiger partial charge in [0.05, 0.1) is 24.4 Å². The maximum Gasteiger partial charge on any atom is 0.380 e. The second-order valence-corrected chi connectivity index (χ2v) is 6.41. The third-order valence-electron chi connectivity index (χ3n) is 3.64. The lowest BCUT2D eigenvalue weighted by atomic mass is 10.2. The predicted molar refractivity (Wildman–Crippen MR) is 99.3 cm³/mol. The van der Waals surface area contributed by atoms with E-state index in [1.165, 1.54) is 43.3 Å². The summed E-state index contributed by atoms with van der Waals surface area (Å²) in [5, 5.41) is 11.2. The van der Waals surface area contributed by atoms with E-state index in [4.69, 9.17) is 13.9 Å². The van der Waals surface area contributed by atoms with Crippen molar-refractivity contribution < 1.29 is 23.6 Å². The molecule has 138 valence electrons. The number of rotatable bonds is 7. The molecule has 27 heavy (non-hydrogen) atoms. The number of esters is 1. The lowest BCUT2D eigenvalue weighted by molar-refractivity contribution is -0.385. The zero-order chi connectivity index (χ0) is 19.2. The van der Waals surface area contributed by atoms with Crippen LogP contribution >= 0.6 is 11.8 Å². The van der Waals surface area contributed by atoms with Gasteiger partial charge in [0, 0.05) is 16.2 Å². The Balaban J connectivity index is 1.76. The second-order valence-electron chi connectivity index (χ2n) is 5.36. The van der Waals surface area contributed by atoms with Gasteiger partial charge in [0.25, 0.3) is 0 Å². The number of benzene rings is 2. The van der Waals surface area contributed by atoms with Crippen LogP contribution in [0.3, 0.4) is 0 Å². The first-order valence-electron chi connectivity index (χ1n) is 7.87. The molecular formula is C19H15NO6S. The van der Waals surface area contributed by atoms with Crippen LogP contribution in [0, 0.1) is 10.1 Å². The van der Waals surface area contributed by atoms with Crippen LogP contribution in [0.25, 0.3) is 0 Å². The highest BCUT2D eigenvalue weighted by Crippen LogP contribution is 2.32. The maximum absolute atomic E-state index is 12.5. The molecule has 1 aromatic heterocycles. The van der Waals surface area contributed by atoms with Crippen LogP contribution in [-0.4, -0.2) is 18.0 Å². The van der Waals surface area contributed by atoms with E-state index in [0.29, 0.717) is 17.1 Å². The Bertz CT molecular complexity index is 954. The molecule has 0 amide bonds. The number of carbonyl (C=O) groups excluding carboxylic acids is 1.